The Morgan fingerprint density at radius 2 is 2.15 bits per heavy atom. The molecule has 0 amide bonds. The van der Waals surface area contributed by atoms with Crippen LogP contribution in [0.3, 0.4) is 0 Å². The van der Waals surface area contributed by atoms with Crippen molar-refractivity contribution in [3.8, 4) is 0 Å². The lowest BCUT2D eigenvalue weighted by Gasteiger charge is -2.04. The minimum atomic E-state index is 0.347. The maximum absolute atomic E-state index is 4.08. The smallest absolute Gasteiger partial charge is 0.113 e. The first kappa shape index (κ1) is 8.69. The second-order valence-corrected chi connectivity index (χ2v) is 4.18. The van der Waals surface area contributed by atoms with Crippen LogP contribution in [0, 0.1) is 0 Å². The first-order valence-electron chi connectivity index (χ1n) is 4.19. The highest BCUT2D eigenvalue weighted by Crippen LogP contribution is 2.19. The molecule has 0 saturated heterocycles. The third-order valence-corrected chi connectivity index (χ3v) is 2.42. The summed E-state index contributed by atoms with van der Waals surface area (Å²) in [5, 5.41) is 8.15. The Hall–Kier alpha value is -0.900. The molecule has 0 aliphatic carbocycles. The van der Waals surface area contributed by atoms with Crippen molar-refractivity contribution in [3.05, 3.63) is 22.7 Å². The normalized spacial score (nSPS) is 11.4. The Morgan fingerprint density at radius 1 is 1.38 bits per heavy atom. The third kappa shape index (κ3) is 1.46. The Morgan fingerprint density at radius 3 is 2.85 bits per heavy atom. The molecule has 0 aliphatic rings. The van der Waals surface area contributed by atoms with Gasteiger partial charge < -0.3 is 0 Å². The lowest BCUT2D eigenvalue weighted by atomic mass is 10.3. The van der Waals surface area contributed by atoms with E-state index in [9.17, 15) is 0 Å². The fraction of sp³-hybridized carbons (Fsp3) is 0.333. The van der Waals surface area contributed by atoms with E-state index in [1.54, 1.807) is 0 Å². The highest BCUT2D eigenvalue weighted by molar-refractivity contribution is 9.10. The molecule has 1 aromatic carbocycles. The van der Waals surface area contributed by atoms with Gasteiger partial charge >= 0.3 is 0 Å². The molecule has 0 unspecified atom stereocenters. The van der Waals surface area contributed by atoms with Crippen LogP contribution in [0.4, 0.5) is 0 Å². The zero-order chi connectivity index (χ0) is 9.42. The van der Waals surface area contributed by atoms with Crippen LogP contribution in [0.2, 0.25) is 0 Å². The van der Waals surface area contributed by atoms with Crippen LogP contribution in [0.5, 0.6) is 0 Å². The van der Waals surface area contributed by atoms with Gasteiger partial charge in [0.2, 0.25) is 0 Å². The van der Waals surface area contributed by atoms with E-state index < -0.39 is 0 Å². The van der Waals surface area contributed by atoms with Crippen LogP contribution in [0.1, 0.15) is 19.9 Å². The molecule has 0 N–H and O–H groups in total. The quantitative estimate of drug-likeness (QED) is 0.767. The summed E-state index contributed by atoms with van der Waals surface area (Å²) >= 11 is 3.43. The molecular formula is C9H10BrN3. The molecule has 0 fully saturated rings. The number of nitrogens with zero attached hydrogens (tertiary/aromatic N) is 3. The van der Waals surface area contributed by atoms with Crippen molar-refractivity contribution >= 4 is 27.0 Å². The average Bonchev–Trinajstić information content (AvgIpc) is 2.46. The van der Waals surface area contributed by atoms with E-state index in [4.69, 9.17) is 0 Å². The van der Waals surface area contributed by atoms with Crippen molar-refractivity contribution < 1.29 is 0 Å². The summed E-state index contributed by atoms with van der Waals surface area (Å²) in [5.41, 5.74) is 2.02. The van der Waals surface area contributed by atoms with Gasteiger partial charge in [0.05, 0.1) is 5.52 Å². The number of hydrogen-bond donors (Lipinski definition) is 0. The van der Waals surface area contributed by atoms with Crippen LogP contribution < -0.4 is 0 Å². The second-order valence-electron chi connectivity index (χ2n) is 3.26. The molecular weight excluding hydrogens is 230 g/mol. The molecule has 1 aromatic heterocycles. The molecule has 2 aromatic rings. The van der Waals surface area contributed by atoms with Gasteiger partial charge in [0, 0.05) is 10.5 Å². The van der Waals surface area contributed by atoms with E-state index >= 15 is 0 Å². The third-order valence-electron chi connectivity index (χ3n) is 1.92. The Balaban J connectivity index is 2.71. The monoisotopic (exact) mass is 239 g/mol. The first-order chi connectivity index (χ1) is 6.18. The molecule has 2 rings (SSSR count). The van der Waals surface area contributed by atoms with Crippen molar-refractivity contribution in [2.75, 3.05) is 0 Å². The van der Waals surface area contributed by atoms with Gasteiger partial charge in [-0.2, -0.15) is 0 Å². The van der Waals surface area contributed by atoms with E-state index in [-0.39, 0.29) is 0 Å². The first-order valence-corrected chi connectivity index (χ1v) is 4.98. The van der Waals surface area contributed by atoms with Gasteiger partial charge in [0.15, 0.2) is 0 Å². The van der Waals surface area contributed by atoms with E-state index in [0.29, 0.717) is 6.04 Å². The topological polar surface area (TPSA) is 30.7 Å². The molecule has 1 heterocycles. The molecule has 0 spiro atoms. The summed E-state index contributed by atoms with van der Waals surface area (Å²) in [5.74, 6) is 0. The molecule has 3 nitrogen and oxygen atoms in total. The Kier molecular flexibility index (Phi) is 2.07. The van der Waals surface area contributed by atoms with Gasteiger partial charge in [0.1, 0.15) is 5.52 Å². The van der Waals surface area contributed by atoms with Crippen LogP contribution in [-0.2, 0) is 0 Å². The van der Waals surface area contributed by atoms with Crippen molar-refractivity contribution in [1.29, 1.82) is 0 Å². The number of benzene rings is 1. The van der Waals surface area contributed by atoms with Gasteiger partial charge in [0.25, 0.3) is 0 Å². The maximum atomic E-state index is 4.08. The van der Waals surface area contributed by atoms with Gasteiger partial charge in [-0.05, 0) is 32.0 Å². The standard InChI is InChI=1S/C9H10BrN3/c1-6(2)13-9-5-7(10)3-4-8(9)11-12-13/h3-6H,1-2H3. The van der Waals surface area contributed by atoms with E-state index in [2.05, 4.69) is 40.1 Å². The lowest BCUT2D eigenvalue weighted by Crippen LogP contribution is -2.02. The Labute approximate surface area is 84.9 Å². The lowest BCUT2D eigenvalue weighted by molar-refractivity contribution is 0.530. The molecule has 4 heteroatoms. The number of halogens is 1. The van der Waals surface area contributed by atoms with Crippen molar-refractivity contribution in [3.63, 3.8) is 0 Å². The fourth-order valence-corrected chi connectivity index (χ4v) is 1.64. The molecule has 0 radical (unpaired) electrons. The van der Waals surface area contributed by atoms with Crippen molar-refractivity contribution in [2.24, 2.45) is 0 Å². The molecule has 68 valence electrons. The highest BCUT2D eigenvalue weighted by Gasteiger charge is 2.06. The van der Waals surface area contributed by atoms with Crippen molar-refractivity contribution in [2.45, 2.75) is 19.9 Å². The molecule has 0 aliphatic heterocycles. The van der Waals surface area contributed by atoms with Gasteiger partial charge in [-0.1, -0.05) is 21.1 Å². The summed E-state index contributed by atoms with van der Waals surface area (Å²) in [6, 6.07) is 6.32. The summed E-state index contributed by atoms with van der Waals surface area (Å²) in [6.07, 6.45) is 0. The minimum Gasteiger partial charge on any atom is -0.242 e. The number of aromatic nitrogens is 3. The summed E-state index contributed by atoms with van der Waals surface area (Å²) < 4.78 is 2.98. The predicted octanol–water partition coefficient (Wildman–Crippen LogP) is 2.77. The van der Waals surface area contributed by atoms with E-state index in [1.165, 1.54) is 0 Å². The fourth-order valence-electron chi connectivity index (χ4n) is 1.29. The largest absolute Gasteiger partial charge is 0.242 e. The highest BCUT2D eigenvalue weighted by atomic mass is 79.9. The predicted molar refractivity (Wildman–Crippen MR) is 55.6 cm³/mol. The average molecular weight is 240 g/mol. The Bertz CT molecular complexity index is 433. The minimum absolute atomic E-state index is 0.347. The number of fused-ring (bicyclic) bond motifs is 1. The van der Waals surface area contributed by atoms with Crippen LogP contribution in [0.15, 0.2) is 22.7 Å². The van der Waals surface area contributed by atoms with Gasteiger partial charge in [-0.3, -0.25) is 0 Å². The van der Waals surface area contributed by atoms with Crippen LogP contribution >= 0.6 is 15.9 Å². The molecule has 0 atom stereocenters. The second kappa shape index (κ2) is 3.10. The van der Waals surface area contributed by atoms with Crippen LogP contribution in [-0.4, -0.2) is 15.0 Å². The SMILES string of the molecule is CC(C)n1nnc2ccc(Br)cc21. The maximum Gasteiger partial charge on any atom is 0.113 e. The molecule has 13 heavy (non-hydrogen) atoms. The van der Waals surface area contributed by atoms with Gasteiger partial charge in [-0.15, -0.1) is 5.10 Å². The van der Waals surface area contributed by atoms with Crippen molar-refractivity contribution in [1.82, 2.24) is 15.0 Å². The summed E-state index contributed by atoms with van der Waals surface area (Å²) in [7, 11) is 0. The summed E-state index contributed by atoms with van der Waals surface area (Å²) in [6.45, 7) is 4.18. The molecule has 0 saturated carbocycles. The van der Waals surface area contributed by atoms with E-state index in [1.807, 2.05) is 22.9 Å². The van der Waals surface area contributed by atoms with E-state index in [0.717, 1.165) is 15.5 Å². The zero-order valence-corrected chi connectivity index (χ0v) is 9.12. The van der Waals surface area contributed by atoms with Gasteiger partial charge in [-0.25, -0.2) is 4.68 Å². The summed E-state index contributed by atoms with van der Waals surface area (Å²) in [4.78, 5) is 0. The number of rotatable bonds is 1. The zero-order valence-electron chi connectivity index (χ0n) is 7.53. The number of hydrogen-bond acceptors (Lipinski definition) is 2. The van der Waals surface area contributed by atoms with Crippen LogP contribution in [0.25, 0.3) is 11.0 Å². The molecule has 0 bridgehead atoms.